The van der Waals surface area contributed by atoms with Crippen LogP contribution in [-0.2, 0) is 22.4 Å². The number of nitrogens with one attached hydrogen (secondary N) is 1. The van der Waals surface area contributed by atoms with E-state index < -0.39 is 12.1 Å². The van der Waals surface area contributed by atoms with E-state index in [-0.39, 0.29) is 17.3 Å². The molecule has 0 unspecified atom stereocenters. The first-order chi connectivity index (χ1) is 12.4. The fourth-order valence-corrected chi connectivity index (χ4v) is 3.17. The third-order valence-corrected chi connectivity index (χ3v) is 4.45. The third kappa shape index (κ3) is 3.99. The van der Waals surface area contributed by atoms with Crippen LogP contribution in [0.2, 0.25) is 0 Å². The van der Waals surface area contributed by atoms with Crippen LogP contribution in [0.5, 0.6) is 0 Å². The smallest absolute Gasteiger partial charge is 0.338 e. The first-order valence-corrected chi connectivity index (χ1v) is 8.68. The number of carbonyl (C=O) groups excluding carboxylic acids is 3. The molecule has 26 heavy (non-hydrogen) atoms. The topological polar surface area (TPSA) is 72.5 Å². The summed E-state index contributed by atoms with van der Waals surface area (Å²) in [5.74, 6) is -1.04. The molecule has 0 saturated heterocycles. The maximum Gasteiger partial charge on any atom is 0.338 e. The van der Waals surface area contributed by atoms with Crippen LogP contribution in [0.3, 0.4) is 0 Å². The number of fused-ring (bicyclic) bond motifs is 1. The molecule has 3 rings (SSSR count). The standard InChI is InChI=1S/C21H21NO4/c1-13(20(24)17-10-9-15-5-3-6-16(15)11-17)26-21(25)18-7-4-8-19(12-18)22-14(2)23/h4,7-13H,3,5-6H2,1-2H3,(H,22,23)/t13-/m1/s1. The number of Topliss-reactive ketones (excluding diaryl/α,β-unsaturated/α-hetero) is 1. The molecule has 5 heteroatoms. The van der Waals surface area contributed by atoms with E-state index in [9.17, 15) is 14.4 Å². The highest BCUT2D eigenvalue weighted by atomic mass is 16.5. The van der Waals surface area contributed by atoms with Crippen LogP contribution in [0, 0.1) is 0 Å². The maximum absolute atomic E-state index is 12.6. The summed E-state index contributed by atoms with van der Waals surface area (Å²) in [7, 11) is 0. The van der Waals surface area contributed by atoms with Crippen LogP contribution >= 0.6 is 0 Å². The fourth-order valence-electron chi connectivity index (χ4n) is 3.17. The quantitative estimate of drug-likeness (QED) is 0.660. The molecular weight excluding hydrogens is 330 g/mol. The second-order valence-corrected chi connectivity index (χ2v) is 6.51. The van der Waals surface area contributed by atoms with Gasteiger partial charge < -0.3 is 10.1 Å². The molecular formula is C21H21NO4. The monoisotopic (exact) mass is 351 g/mol. The molecule has 2 aromatic rings. The molecule has 0 fully saturated rings. The molecule has 1 aliphatic carbocycles. The van der Waals surface area contributed by atoms with Gasteiger partial charge in [0, 0.05) is 18.2 Å². The zero-order valence-corrected chi connectivity index (χ0v) is 14.9. The Hall–Kier alpha value is -2.95. The van der Waals surface area contributed by atoms with Gasteiger partial charge in [-0.1, -0.05) is 18.2 Å². The van der Waals surface area contributed by atoms with Gasteiger partial charge in [0.1, 0.15) is 0 Å². The largest absolute Gasteiger partial charge is 0.451 e. The zero-order chi connectivity index (χ0) is 18.7. The molecule has 0 saturated carbocycles. The second kappa shape index (κ2) is 7.52. The third-order valence-electron chi connectivity index (χ3n) is 4.45. The van der Waals surface area contributed by atoms with Gasteiger partial charge in [-0.2, -0.15) is 0 Å². The number of rotatable bonds is 5. The molecule has 134 valence electrons. The van der Waals surface area contributed by atoms with E-state index in [4.69, 9.17) is 4.74 Å². The number of amides is 1. The summed E-state index contributed by atoms with van der Waals surface area (Å²) >= 11 is 0. The Morgan fingerprint density at radius 2 is 1.77 bits per heavy atom. The molecule has 0 spiro atoms. The lowest BCUT2D eigenvalue weighted by atomic mass is 10.0. The van der Waals surface area contributed by atoms with Crippen molar-refractivity contribution in [2.75, 3.05) is 5.32 Å². The Labute approximate surface area is 152 Å². The van der Waals surface area contributed by atoms with E-state index >= 15 is 0 Å². The predicted octanol–water partition coefficient (Wildman–Crippen LogP) is 3.56. The lowest BCUT2D eigenvalue weighted by Gasteiger charge is -2.13. The van der Waals surface area contributed by atoms with E-state index in [1.165, 1.54) is 24.1 Å². The minimum absolute atomic E-state index is 0.217. The Kier molecular flexibility index (Phi) is 5.16. The number of carbonyl (C=O) groups is 3. The number of ketones is 1. The highest BCUT2D eigenvalue weighted by molar-refractivity contribution is 6.02. The highest BCUT2D eigenvalue weighted by Gasteiger charge is 2.22. The molecule has 1 amide bonds. The number of hydrogen-bond donors (Lipinski definition) is 1. The van der Waals surface area contributed by atoms with Crippen molar-refractivity contribution < 1.29 is 19.1 Å². The summed E-state index contributed by atoms with van der Waals surface area (Å²) in [6.07, 6.45) is 2.27. The average molecular weight is 351 g/mol. The van der Waals surface area contributed by atoms with Crippen molar-refractivity contribution in [2.45, 2.75) is 39.2 Å². The first-order valence-electron chi connectivity index (χ1n) is 8.68. The van der Waals surface area contributed by atoms with Crippen LogP contribution in [0.15, 0.2) is 42.5 Å². The van der Waals surface area contributed by atoms with Crippen molar-refractivity contribution in [3.8, 4) is 0 Å². The summed E-state index contributed by atoms with van der Waals surface area (Å²) in [5.41, 5.74) is 3.85. The Balaban J connectivity index is 1.69. The minimum Gasteiger partial charge on any atom is -0.451 e. The second-order valence-electron chi connectivity index (χ2n) is 6.51. The average Bonchev–Trinajstić information content (AvgIpc) is 3.08. The zero-order valence-electron chi connectivity index (χ0n) is 14.9. The minimum atomic E-state index is -0.883. The summed E-state index contributed by atoms with van der Waals surface area (Å²) < 4.78 is 5.33. The van der Waals surface area contributed by atoms with Gasteiger partial charge in [-0.15, -0.1) is 0 Å². The molecule has 0 radical (unpaired) electrons. The van der Waals surface area contributed by atoms with Gasteiger partial charge in [-0.05, 0) is 61.6 Å². The van der Waals surface area contributed by atoms with Gasteiger partial charge in [0.25, 0.3) is 0 Å². The van der Waals surface area contributed by atoms with E-state index in [0.29, 0.717) is 11.3 Å². The molecule has 2 aromatic carbocycles. The molecule has 1 aliphatic rings. The van der Waals surface area contributed by atoms with Crippen LogP contribution in [0.25, 0.3) is 0 Å². The number of ether oxygens (including phenoxy) is 1. The molecule has 1 N–H and O–H groups in total. The van der Waals surface area contributed by atoms with Crippen molar-refractivity contribution in [3.05, 3.63) is 64.7 Å². The van der Waals surface area contributed by atoms with Crippen LogP contribution in [0.1, 0.15) is 52.1 Å². The van der Waals surface area contributed by atoms with Gasteiger partial charge in [-0.3, -0.25) is 9.59 Å². The first kappa shape index (κ1) is 17.9. The highest BCUT2D eigenvalue weighted by Crippen LogP contribution is 2.24. The van der Waals surface area contributed by atoms with Crippen molar-refractivity contribution in [2.24, 2.45) is 0 Å². The van der Waals surface area contributed by atoms with Crippen LogP contribution in [0.4, 0.5) is 5.69 Å². The van der Waals surface area contributed by atoms with Crippen molar-refractivity contribution in [1.29, 1.82) is 0 Å². The molecule has 0 aromatic heterocycles. The molecule has 0 bridgehead atoms. The molecule has 5 nitrogen and oxygen atoms in total. The Bertz CT molecular complexity index is 872. The van der Waals surface area contributed by atoms with Crippen LogP contribution in [-0.4, -0.2) is 23.8 Å². The van der Waals surface area contributed by atoms with Gasteiger partial charge in [-0.25, -0.2) is 4.79 Å². The van der Waals surface area contributed by atoms with E-state index in [2.05, 4.69) is 5.32 Å². The number of aryl methyl sites for hydroxylation is 2. The van der Waals surface area contributed by atoms with Crippen molar-refractivity contribution >= 4 is 23.3 Å². The van der Waals surface area contributed by atoms with Crippen molar-refractivity contribution in [1.82, 2.24) is 0 Å². The number of anilines is 1. The molecule has 0 heterocycles. The summed E-state index contributed by atoms with van der Waals surface area (Å²) in [6, 6.07) is 12.1. The van der Waals surface area contributed by atoms with Crippen LogP contribution < -0.4 is 5.32 Å². The number of hydrogen-bond acceptors (Lipinski definition) is 4. The lowest BCUT2D eigenvalue weighted by molar-refractivity contribution is -0.114. The predicted molar refractivity (Wildman–Crippen MR) is 98.4 cm³/mol. The fraction of sp³-hybridized carbons (Fsp3) is 0.286. The molecule has 1 atom stereocenters. The Morgan fingerprint density at radius 1 is 1.00 bits per heavy atom. The SMILES string of the molecule is CC(=O)Nc1cccc(C(=O)O[C@H](C)C(=O)c2ccc3c(c2)CCC3)c1. The van der Waals surface area contributed by atoms with Crippen molar-refractivity contribution in [3.63, 3.8) is 0 Å². The normalized spacial score (nSPS) is 13.6. The number of benzene rings is 2. The van der Waals surface area contributed by atoms with E-state index in [1.807, 2.05) is 12.1 Å². The maximum atomic E-state index is 12.6. The summed E-state index contributed by atoms with van der Waals surface area (Å²) in [6.45, 7) is 2.97. The van der Waals surface area contributed by atoms with Gasteiger partial charge in [0.15, 0.2) is 6.10 Å². The summed E-state index contributed by atoms with van der Waals surface area (Å²) in [4.78, 5) is 36.0. The van der Waals surface area contributed by atoms with E-state index in [1.54, 1.807) is 31.2 Å². The Morgan fingerprint density at radius 3 is 2.54 bits per heavy atom. The summed E-state index contributed by atoms with van der Waals surface area (Å²) in [5, 5.41) is 2.61. The van der Waals surface area contributed by atoms with Gasteiger partial charge in [0.05, 0.1) is 5.56 Å². The number of esters is 1. The lowest BCUT2D eigenvalue weighted by Crippen LogP contribution is -2.24. The van der Waals surface area contributed by atoms with Gasteiger partial charge >= 0.3 is 5.97 Å². The molecule has 0 aliphatic heterocycles. The van der Waals surface area contributed by atoms with E-state index in [0.717, 1.165) is 19.3 Å². The van der Waals surface area contributed by atoms with Gasteiger partial charge in [0.2, 0.25) is 11.7 Å².